The summed E-state index contributed by atoms with van der Waals surface area (Å²) in [6, 6.07) is 15.3. The number of hydrogen-bond donors (Lipinski definition) is 4. The van der Waals surface area contributed by atoms with Crippen LogP contribution in [0.25, 0.3) is 0 Å². The van der Waals surface area contributed by atoms with Crippen LogP contribution in [-0.4, -0.2) is 42.8 Å². The van der Waals surface area contributed by atoms with Crippen LogP contribution in [0.2, 0.25) is 0 Å². The van der Waals surface area contributed by atoms with E-state index in [1.54, 1.807) is 20.8 Å². The lowest BCUT2D eigenvalue weighted by Gasteiger charge is -2.40. The smallest absolute Gasteiger partial charge is 0.407 e. The molecule has 0 bridgehead atoms. The number of carbonyl (C=O) groups is 3. The van der Waals surface area contributed by atoms with E-state index in [9.17, 15) is 14.4 Å². The average Bonchev–Trinajstić information content (AvgIpc) is 2.81. The fourth-order valence-corrected chi connectivity index (χ4v) is 4.18. The second-order valence-electron chi connectivity index (χ2n) is 9.84. The second-order valence-corrected chi connectivity index (χ2v) is 9.84. The van der Waals surface area contributed by atoms with Crippen LogP contribution in [-0.2, 0) is 9.53 Å². The predicted molar refractivity (Wildman–Crippen MR) is 142 cm³/mol. The van der Waals surface area contributed by atoms with Gasteiger partial charge in [0.1, 0.15) is 5.60 Å². The molecule has 1 heterocycles. The van der Waals surface area contributed by atoms with Gasteiger partial charge in [-0.3, -0.25) is 4.79 Å². The van der Waals surface area contributed by atoms with Crippen LogP contribution in [0.5, 0.6) is 0 Å². The zero-order valence-corrected chi connectivity index (χ0v) is 21.7. The lowest BCUT2D eigenvalue weighted by atomic mass is 9.91. The summed E-state index contributed by atoms with van der Waals surface area (Å²) in [4.78, 5) is 38.2. The first-order valence-corrected chi connectivity index (χ1v) is 12.4. The molecule has 36 heavy (non-hydrogen) atoms. The van der Waals surface area contributed by atoms with Gasteiger partial charge >= 0.3 is 12.1 Å². The van der Waals surface area contributed by atoms with Crippen LogP contribution in [0, 0.1) is 0 Å². The van der Waals surface area contributed by atoms with Crippen LogP contribution in [0.3, 0.4) is 0 Å². The highest BCUT2D eigenvalue weighted by Gasteiger charge is 2.32. The Balaban J connectivity index is 1.52. The van der Waals surface area contributed by atoms with Gasteiger partial charge in [-0.25, -0.2) is 9.59 Å². The Bertz CT molecular complexity index is 1060. The number of urea groups is 1. The average molecular weight is 496 g/mol. The Hall–Kier alpha value is -3.75. The molecule has 1 aliphatic heterocycles. The zero-order valence-electron chi connectivity index (χ0n) is 21.7. The van der Waals surface area contributed by atoms with Crippen molar-refractivity contribution in [2.24, 2.45) is 0 Å². The zero-order chi connectivity index (χ0) is 26.3. The second kappa shape index (κ2) is 11.8. The summed E-state index contributed by atoms with van der Waals surface area (Å²) in [5.41, 5.74) is 3.05. The molecule has 194 valence electrons. The molecule has 4 N–H and O–H groups in total. The van der Waals surface area contributed by atoms with E-state index in [2.05, 4.69) is 34.3 Å². The summed E-state index contributed by atoms with van der Waals surface area (Å²) < 4.78 is 5.15. The highest BCUT2D eigenvalue weighted by atomic mass is 16.6. The van der Waals surface area contributed by atoms with E-state index >= 15 is 0 Å². The molecule has 2 aromatic rings. The standard InChI is InChI=1S/C27H37N5O4/c1-6-24(33)32-18(2)17-22(21-9-7-8-10-23(21)32)30-19-11-13-20(14-12-19)31-25(34)28-15-16-29-26(35)36-27(3,4)5/h7-14,18,22,30H,6,15-17H2,1-5H3,(H,29,35)(H2,28,31,34)/t18-,22+/m0/s1. The lowest BCUT2D eigenvalue weighted by Crippen LogP contribution is -2.44. The van der Waals surface area contributed by atoms with Gasteiger partial charge < -0.3 is 30.9 Å². The van der Waals surface area contributed by atoms with E-state index in [0.29, 0.717) is 12.1 Å². The van der Waals surface area contributed by atoms with Crippen LogP contribution < -0.4 is 26.2 Å². The highest BCUT2D eigenvalue weighted by molar-refractivity contribution is 5.95. The Labute approximate surface area is 213 Å². The number of carbonyl (C=O) groups excluding carboxylic acids is 3. The SMILES string of the molecule is CCC(=O)N1c2ccccc2[C@H](Nc2ccc(NC(=O)NCCNC(=O)OC(C)(C)C)cc2)C[C@@H]1C. The van der Waals surface area contributed by atoms with Gasteiger partial charge in [0, 0.05) is 42.6 Å². The van der Waals surface area contributed by atoms with Gasteiger partial charge in [0.2, 0.25) is 5.91 Å². The first-order chi connectivity index (χ1) is 17.1. The van der Waals surface area contributed by atoms with Crippen molar-refractivity contribution < 1.29 is 19.1 Å². The molecule has 0 saturated carbocycles. The van der Waals surface area contributed by atoms with Crippen molar-refractivity contribution in [1.82, 2.24) is 10.6 Å². The van der Waals surface area contributed by atoms with Crippen molar-refractivity contribution >= 4 is 35.1 Å². The van der Waals surface area contributed by atoms with Gasteiger partial charge in [0.25, 0.3) is 0 Å². The van der Waals surface area contributed by atoms with Crippen LogP contribution >= 0.6 is 0 Å². The highest BCUT2D eigenvalue weighted by Crippen LogP contribution is 2.39. The summed E-state index contributed by atoms with van der Waals surface area (Å²) in [6.45, 7) is 9.85. The Morgan fingerprint density at radius 1 is 0.972 bits per heavy atom. The van der Waals surface area contributed by atoms with Crippen molar-refractivity contribution in [3.63, 3.8) is 0 Å². The van der Waals surface area contributed by atoms with Gasteiger partial charge in [-0.05, 0) is 70.0 Å². The third-order valence-electron chi connectivity index (χ3n) is 5.72. The number of ether oxygens (including phenoxy) is 1. The first kappa shape index (κ1) is 26.8. The summed E-state index contributed by atoms with van der Waals surface area (Å²) in [5.74, 6) is 0.128. The van der Waals surface area contributed by atoms with Crippen molar-refractivity contribution in [2.75, 3.05) is 28.6 Å². The van der Waals surface area contributed by atoms with E-state index in [4.69, 9.17) is 4.74 Å². The molecular formula is C27H37N5O4. The molecule has 2 aromatic carbocycles. The van der Waals surface area contributed by atoms with E-state index in [-0.39, 0.29) is 37.1 Å². The van der Waals surface area contributed by atoms with Gasteiger partial charge in [0.05, 0.1) is 6.04 Å². The Morgan fingerprint density at radius 2 is 1.61 bits per heavy atom. The van der Waals surface area contributed by atoms with Crippen molar-refractivity contribution in [1.29, 1.82) is 0 Å². The fraction of sp³-hybridized carbons (Fsp3) is 0.444. The lowest BCUT2D eigenvalue weighted by molar-refractivity contribution is -0.118. The monoisotopic (exact) mass is 495 g/mol. The van der Waals surface area contributed by atoms with E-state index < -0.39 is 11.7 Å². The van der Waals surface area contributed by atoms with Crippen molar-refractivity contribution in [2.45, 2.75) is 65.1 Å². The summed E-state index contributed by atoms with van der Waals surface area (Å²) in [5, 5.41) is 11.6. The van der Waals surface area contributed by atoms with Crippen LogP contribution in [0.15, 0.2) is 48.5 Å². The minimum absolute atomic E-state index is 0.0664. The molecule has 0 saturated heterocycles. The molecule has 2 atom stereocenters. The molecule has 4 amide bonds. The third-order valence-corrected chi connectivity index (χ3v) is 5.72. The van der Waals surface area contributed by atoms with Gasteiger partial charge in [-0.15, -0.1) is 0 Å². The molecule has 9 nitrogen and oxygen atoms in total. The molecular weight excluding hydrogens is 458 g/mol. The predicted octanol–water partition coefficient (Wildman–Crippen LogP) is 5.02. The number of anilines is 3. The summed E-state index contributed by atoms with van der Waals surface area (Å²) >= 11 is 0. The number of benzene rings is 2. The fourth-order valence-electron chi connectivity index (χ4n) is 4.18. The number of para-hydroxylation sites is 1. The first-order valence-electron chi connectivity index (χ1n) is 12.4. The van der Waals surface area contributed by atoms with Crippen LogP contribution in [0.1, 0.15) is 59.1 Å². The maximum Gasteiger partial charge on any atom is 0.407 e. The molecule has 0 fully saturated rings. The molecule has 0 aliphatic carbocycles. The third kappa shape index (κ3) is 7.37. The normalized spacial score (nSPS) is 17.0. The van der Waals surface area contributed by atoms with Gasteiger partial charge in [-0.1, -0.05) is 25.1 Å². The molecule has 0 spiro atoms. The maximum absolute atomic E-state index is 12.5. The number of amides is 4. The molecule has 3 rings (SSSR count). The number of hydrogen-bond acceptors (Lipinski definition) is 5. The number of rotatable bonds is 7. The molecule has 0 aromatic heterocycles. The molecule has 0 radical (unpaired) electrons. The largest absolute Gasteiger partial charge is 0.444 e. The van der Waals surface area contributed by atoms with E-state index in [0.717, 1.165) is 23.4 Å². The number of fused-ring (bicyclic) bond motifs is 1. The number of alkyl carbamates (subject to hydrolysis) is 1. The van der Waals surface area contributed by atoms with Crippen LogP contribution in [0.4, 0.5) is 26.7 Å². The Morgan fingerprint density at radius 3 is 2.28 bits per heavy atom. The summed E-state index contributed by atoms with van der Waals surface area (Å²) in [7, 11) is 0. The van der Waals surface area contributed by atoms with E-state index in [1.807, 2.05) is 54.3 Å². The maximum atomic E-state index is 12.5. The van der Waals surface area contributed by atoms with Crippen molar-refractivity contribution in [3.05, 3.63) is 54.1 Å². The quantitative estimate of drug-likeness (QED) is 0.403. The minimum Gasteiger partial charge on any atom is -0.444 e. The van der Waals surface area contributed by atoms with E-state index in [1.165, 1.54) is 0 Å². The molecule has 0 unspecified atom stereocenters. The number of nitrogens with one attached hydrogen (secondary N) is 4. The topological polar surface area (TPSA) is 112 Å². The van der Waals surface area contributed by atoms with Gasteiger partial charge in [0.15, 0.2) is 0 Å². The Kier molecular flexibility index (Phi) is 8.79. The number of nitrogens with zero attached hydrogens (tertiary/aromatic N) is 1. The van der Waals surface area contributed by atoms with Gasteiger partial charge in [-0.2, -0.15) is 0 Å². The summed E-state index contributed by atoms with van der Waals surface area (Å²) in [6.07, 6.45) is 0.745. The van der Waals surface area contributed by atoms with Crippen molar-refractivity contribution in [3.8, 4) is 0 Å². The molecule has 1 aliphatic rings. The minimum atomic E-state index is -0.566. The molecule has 9 heteroatoms.